The largest absolute Gasteiger partial charge is 0.464 e. The third-order valence-corrected chi connectivity index (χ3v) is 7.95. The Morgan fingerprint density at radius 3 is 0.818 bits per heavy atom. The quantitative estimate of drug-likeness (QED) is 0.196. The van der Waals surface area contributed by atoms with Crippen LogP contribution in [-0.4, -0.2) is 22.8 Å². The second kappa shape index (κ2) is 10.4. The first-order valence-electron chi connectivity index (χ1n) is 14.5. The number of hydrogen-bond acceptors (Lipinski definition) is 6. The highest BCUT2D eigenvalue weighted by Crippen LogP contribution is 2.54. The van der Waals surface area contributed by atoms with Crippen LogP contribution in [0.3, 0.4) is 0 Å². The zero-order chi connectivity index (χ0) is 29.4. The van der Waals surface area contributed by atoms with Gasteiger partial charge < -0.3 is 8.83 Å². The van der Waals surface area contributed by atoms with Gasteiger partial charge >= 0.3 is 0 Å². The van der Waals surface area contributed by atoms with Gasteiger partial charge in [-0.3, -0.25) is 0 Å². The van der Waals surface area contributed by atoms with Crippen molar-refractivity contribution in [3.05, 3.63) is 192 Å². The maximum absolute atomic E-state index is 6.21. The summed E-state index contributed by atoms with van der Waals surface area (Å²) < 4.78 is 12.4. The summed E-state index contributed by atoms with van der Waals surface area (Å²) in [7, 11) is 0. The fourth-order valence-electron chi connectivity index (χ4n) is 5.93. The minimum atomic E-state index is -1.47. The molecule has 0 fully saturated rings. The topological polar surface area (TPSA) is 75.7 Å². The number of rotatable bonds is 7. The molecule has 0 unspecified atom stereocenters. The first-order valence-corrected chi connectivity index (χ1v) is 14.5. The molecule has 0 bridgehead atoms. The summed E-state index contributed by atoms with van der Waals surface area (Å²) in [6.07, 6.45) is 3.28. The van der Waals surface area contributed by atoms with E-state index in [2.05, 4.69) is 0 Å². The van der Waals surface area contributed by atoms with Crippen molar-refractivity contribution in [1.29, 1.82) is 0 Å². The summed E-state index contributed by atoms with van der Waals surface area (Å²) in [6.45, 7) is 0. The molecule has 0 spiro atoms. The molecule has 0 saturated heterocycles. The molecular formula is C38H26N4O2. The van der Waals surface area contributed by atoms with Crippen LogP contribution in [0.2, 0.25) is 0 Å². The van der Waals surface area contributed by atoms with E-state index in [0.717, 1.165) is 45.1 Å². The van der Waals surface area contributed by atoms with Crippen LogP contribution < -0.4 is 0 Å². The monoisotopic (exact) mass is 570 g/mol. The van der Waals surface area contributed by atoms with E-state index in [1.165, 1.54) is 0 Å². The van der Waals surface area contributed by atoms with Gasteiger partial charge in [-0.1, -0.05) is 121 Å². The van der Waals surface area contributed by atoms with E-state index in [0.29, 0.717) is 11.5 Å². The maximum atomic E-state index is 6.21. The molecule has 6 aromatic rings. The van der Waals surface area contributed by atoms with Gasteiger partial charge in [0.25, 0.3) is 11.3 Å². The lowest BCUT2D eigenvalue weighted by atomic mass is 9.89. The standard InChI is InChI=1S/C38H26N4O2/c1-5-15-27(16-6-1)33-34(28-17-7-2-8-18-28)40-37(39-33,31-23-13-25-43-31)38(32-24-14-26-44-32)41-35(29-19-9-3-10-20-29)36(42-38)30-21-11-4-12-22-30/h1-26H. The summed E-state index contributed by atoms with van der Waals surface area (Å²) in [5, 5.41) is 0. The summed E-state index contributed by atoms with van der Waals surface area (Å²) in [5.41, 5.74) is 3.65. The fourth-order valence-corrected chi connectivity index (χ4v) is 5.93. The molecule has 2 aliphatic rings. The zero-order valence-electron chi connectivity index (χ0n) is 23.6. The Balaban J connectivity index is 1.49. The molecule has 4 aromatic carbocycles. The molecule has 0 aliphatic carbocycles. The SMILES string of the molecule is c1ccc(C2=NC(c3ccco3)(C3(c4ccco4)N=C(c4ccccc4)C(c4ccccc4)=N3)N=C2c2ccccc2)cc1. The fraction of sp³-hybridized carbons (Fsp3) is 0.0526. The first-order chi connectivity index (χ1) is 21.8. The van der Waals surface area contributed by atoms with E-state index in [-0.39, 0.29) is 0 Å². The molecule has 210 valence electrons. The van der Waals surface area contributed by atoms with Gasteiger partial charge in [-0.15, -0.1) is 0 Å². The molecular weight excluding hydrogens is 544 g/mol. The molecule has 0 amide bonds. The molecule has 6 heteroatoms. The van der Waals surface area contributed by atoms with Crippen LogP contribution in [0.4, 0.5) is 0 Å². The van der Waals surface area contributed by atoms with Crippen LogP contribution >= 0.6 is 0 Å². The van der Waals surface area contributed by atoms with Gasteiger partial charge in [-0.25, -0.2) is 20.0 Å². The van der Waals surface area contributed by atoms with Gasteiger partial charge in [0.05, 0.1) is 35.4 Å². The van der Waals surface area contributed by atoms with Crippen molar-refractivity contribution in [2.24, 2.45) is 20.0 Å². The number of benzene rings is 4. The highest BCUT2D eigenvalue weighted by Gasteiger charge is 2.64. The molecule has 2 aromatic heterocycles. The van der Waals surface area contributed by atoms with Crippen molar-refractivity contribution >= 4 is 22.8 Å². The molecule has 0 N–H and O–H groups in total. The average Bonchev–Trinajstić information content (AvgIpc) is 3.92. The van der Waals surface area contributed by atoms with Crippen molar-refractivity contribution < 1.29 is 8.83 Å². The Morgan fingerprint density at radius 1 is 0.318 bits per heavy atom. The number of furan rings is 2. The van der Waals surface area contributed by atoms with Gasteiger partial charge in [-0.05, 0) is 24.3 Å². The molecule has 4 heterocycles. The Kier molecular flexibility index (Phi) is 6.12. The minimum Gasteiger partial charge on any atom is -0.464 e. The van der Waals surface area contributed by atoms with E-state index >= 15 is 0 Å². The molecule has 0 radical (unpaired) electrons. The van der Waals surface area contributed by atoms with Crippen LogP contribution in [0.25, 0.3) is 0 Å². The van der Waals surface area contributed by atoms with Crippen LogP contribution in [0.1, 0.15) is 33.8 Å². The predicted molar refractivity (Wildman–Crippen MR) is 173 cm³/mol. The van der Waals surface area contributed by atoms with Crippen molar-refractivity contribution in [3.8, 4) is 0 Å². The molecule has 2 aliphatic heterocycles. The maximum Gasteiger partial charge on any atom is 0.262 e. The van der Waals surface area contributed by atoms with Crippen molar-refractivity contribution in [1.82, 2.24) is 0 Å². The van der Waals surface area contributed by atoms with E-state index in [4.69, 9.17) is 28.8 Å². The lowest BCUT2D eigenvalue weighted by Crippen LogP contribution is -2.42. The van der Waals surface area contributed by atoms with E-state index in [1.807, 2.05) is 146 Å². The number of aliphatic imine (C=N–C) groups is 4. The Hall–Kier alpha value is -5.88. The Labute approximate surface area is 254 Å². The van der Waals surface area contributed by atoms with Crippen LogP contribution in [0.15, 0.2) is 187 Å². The van der Waals surface area contributed by atoms with Gasteiger partial charge in [-0.2, -0.15) is 0 Å². The van der Waals surface area contributed by atoms with E-state index < -0.39 is 11.3 Å². The third-order valence-electron chi connectivity index (χ3n) is 7.95. The second-order valence-corrected chi connectivity index (χ2v) is 10.6. The molecule has 0 atom stereocenters. The second-order valence-electron chi connectivity index (χ2n) is 10.6. The summed E-state index contributed by atoms with van der Waals surface area (Å²) in [5.74, 6) is 1.00. The lowest BCUT2D eigenvalue weighted by molar-refractivity contribution is 0.183. The third kappa shape index (κ3) is 4.03. The first kappa shape index (κ1) is 25.8. The van der Waals surface area contributed by atoms with Crippen molar-refractivity contribution in [2.75, 3.05) is 0 Å². The summed E-state index contributed by atoms with van der Waals surface area (Å²) in [4.78, 5) is 22.0. The Morgan fingerprint density at radius 2 is 0.591 bits per heavy atom. The molecule has 44 heavy (non-hydrogen) atoms. The highest BCUT2D eigenvalue weighted by atomic mass is 16.3. The van der Waals surface area contributed by atoms with E-state index in [1.54, 1.807) is 12.5 Å². The zero-order valence-corrected chi connectivity index (χ0v) is 23.6. The molecule has 0 saturated carbocycles. The average molecular weight is 571 g/mol. The van der Waals surface area contributed by atoms with Crippen molar-refractivity contribution in [3.63, 3.8) is 0 Å². The highest BCUT2D eigenvalue weighted by molar-refractivity contribution is 6.55. The number of nitrogens with zero attached hydrogens (tertiary/aromatic N) is 4. The van der Waals surface area contributed by atoms with Crippen LogP contribution in [-0.2, 0) is 11.3 Å². The van der Waals surface area contributed by atoms with Crippen LogP contribution in [0.5, 0.6) is 0 Å². The van der Waals surface area contributed by atoms with Gasteiger partial charge in [0.1, 0.15) is 0 Å². The minimum absolute atomic E-state index is 0.502. The number of hydrogen-bond donors (Lipinski definition) is 0. The van der Waals surface area contributed by atoms with Gasteiger partial charge in [0.15, 0.2) is 11.5 Å². The van der Waals surface area contributed by atoms with E-state index in [9.17, 15) is 0 Å². The predicted octanol–water partition coefficient (Wildman–Crippen LogP) is 7.86. The summed E-state index contributed by atoms with van der Waals surface area (Å²) >= 11 is 0. The summed E-state index contributed by atoms with van der Waals surface area (Å²) in [6, 6.07) is 47.8. The molecule has 6 nitrogen and oxygen atoms in total. The normalized spacial score (nSPS) is 16.6. The smallest absolute Gasteiger partial charge is 0.262 e. The Bertz CT molecular complexity index is 1760. The van der Waals surface area contributed by atoms with Gasteiger partial charge in [0.2, 0.25) is 0 Å². The van der Waals surface area contributed by atoms with Crippen molar-refractivity contribution in [2.45, 2.75) is 11.3 Å². The van der Waals surface area contributed by atoms with Gasteiger partial charge in [0, 0.05) is 22.3 Å². The van der Waals surface area contributed by atoms with Crippen LogP contribution in [0, 0.1) is 0 Å². The lowest BCUT2D eigenvalue weighted by Gasteiger charge is -2.34. The molecule has 8 rings (SSSR count).